The molecule has 0 aliphatic heterocycles. The maximum atomic E-state index is 4.16. The van der Waals surface area contributed by atoms with E-state index in [0.29, 0.717) is 0 Å². The van der Waals surface area contributed by atoms with Crippen molar-refractivity contribution < 1.29 is 0 Å². The van der Waals surface area contributed by atoms with Crippen LogP contribution in [0.15, 0.2) is 90.6 Å². The van der Waals surface area contributed by atoms with Gasteiger partial charge >= 0.3 is 0 Å². The molecule has 140 valence electrons. The van der Waals surface area contributed by atoms with Crippen LogP contribution in [0.4, 0.5) is 0 Å². The Bertz CT molecular complexity index is 837. The zero-order valence-electron chi connectivity index (χ0n) is 15.7. The average molecular weight is 396 g/mol. The third-order valence-electron chi connectivity index (χ3n) is 3.15. The Labute approximate surface area is 171 Å². The fourth-order valence-electron chi connectivity index (χ4n) is 1.97. The van der Waals surface area contributed by atoms with E-state index in [1.807, 2.05) is 55.6 Å². The molecule has 0 saturated carbocycles. The van der Waals surface area contributed by atoms with Crippen LogP contribution in [0.5, 0.6) is 0 Å². The van der Waals surface area contributed by atoms with E-state index in [1.54, 1.807) is 6.33 Å². The van der Waals surface area contributed by atoms with Gasteiger partial charge in [-0.1, -0.05) is 62.1 Å². The molecule has 0 N–H and O–H groups in total. The second-order valence-electron chi connectivity index (χ2n) is 5.11. The first-order valence-corrected chi connectivity index (χ1v) is 9.92. The molecule has 5 heteroatoms. The smallest absolute Gasteiger partial charge is 0.116 e. The molecule has 0 fully saturated rings. The van der Waals surface area contributed by atoms with E-state index < -0.39 is 0 Å². The van der Waals surface area contributed by atoms with E-state index in [0.717, 1.165) is 22.8 Å². The SMILES string of the molecule is C/C=C\CC.C=CS.c1ccc2ncncc2c1.c1ccc2nscc2c1. The summed E-state index contributed by atoms with van der Waals surface area (Å²) in [6.07, 6.45) is 8.71. The van der Waals surface area contributed by atoms with E-state index in [-0.39, 0.29) is 0 Å². The van der Waals surface area contributed by atoms with Gasteiger partial charge in [0, 0.05) is 22.3 Å². The van der Waals surface area contributed by atoms with Crippen LogP contribution in [-0.4, -0.2) is 14.3 Å². The minimum atomic E-state index is 0.998. The van der Waals surface area contributed by atoms with Crippen molar-refractivity contribution in [3.8, 4) is 0 Å². The lowest BCUT2D eigenvalue weighted by Gasteiger charge is -1.90. The molecular formula is C22H25N3S2. The Morgan fingerprint density at radius 1 is 1.04 bits per heavy atom. The lowest BCUT2D eigenvalue weighted by molar-refractivity contribution is 1.22. The molecule has 0 saturated heterocycles. The summed E-state index contributed by atoms with van der Waals surface area (Å²) in [4.78, 5) is 7.97. The monoisotopic (exact) mass is 395 g/mol. The Morgan fingerprint density at radius 3 is 2.22 bits per heavy atom. The first kappa shape index (κ1) is 22.5. The molecule has 0 spiro atoms. The van der Waals surface area contributed by atoms with Crippen molar-refractivity contribution in [3.05, 3.63) is 90.6 Å². The van der Waals surface area contributed by atoms with Crippen LogP contribution in [0.3, 0.4) is 0 Å². The van der Waals surface area contributed by atoms with Crippen molar-refractivity contribution in [2.75, 3.05) is 0 Å². The lowest BCUT2D eigenvalue weighted by atomic mass is 10.2. The summed E-state index contributed by atoms with van der Waals surface area (Å²) < 4.78 is 4.16. The number of hydrogen-bond acceptors (Lipinski definition) is 5. The number of allylic oxidation sites excluding steroid dienone is 2. The van der Waals surface area contributed by atoms with Gasteiger partial charge in [-0.05, 0) is 42.4 Å². The summed E-state index contributed by atoms with van der Waals surface area (Å²) in [5, 5.41) is 5.82. The maximum Gasteiger partial charge on any atom is 0.116 e. The van der Waals surface area contributed by atoms with E-state index in [4.69, 9.17) is 0 Å². The Hall–Kier alpha value is -2.50. The molecule has 4 rings (SSSR count). The fourth-order valence-corrected chi connectivity index (χ4v) is 2.61. The second-order valence-corrected chi connectivity index (χ2v) is 6.11. The molecule has 2 heterocycles. The highest BCUT2D eigenvalue weighted by Crippen LogP contribution is 2.12. The van der Waals surface area contributed by atoms with Crippen LogP contribution in [0, 0.1) is 0 Å². The van der Waals surface area contributed by atoms with Gasteiger partial charge in [0.15, 0.2) is 0 Å². The number of para-hydroxylation sites is 1. The number of benzene rings is 2. The molecule has 3 nitrogen and oxygen atoms in total. The van der Waals surface area contributed by atoms with Gasteiger partial charge in [-0.3, -0.25) is 0 Å². The standard InChI is InChI=1S/C8H6N2.C7H5NS.C5H10.C2H4S/c1-2-4-8-7(3-1)5-9-6-10-8;1-2-4-7-6(3-1)5-9-8-7;1-3-5-4-2;1-2-3/h1-6H;1-5H;3,5H,4H2,1-2H3;2-3H,1H2/b;;5-3-;. The number of thiol groups is 1. The summed E-state index contributed by atoms with van der Waals surface area (Å²) >= 11 is 5.06. The van der Waals surface area contributed by atoms with E-state index in [9.17, 15) is 0 Å². The normalized spacial score (nSPS) is 9.44. The third kappa shape index (κ3) is 9.13. The molecule has 0 aliphatic carbocycles. The first-order chi connectivity index (χ1) is 13.3. The maximum absolute atomic E-state index is 4.16. The fraction of sp³-hybridized carbons (Fsp3) is 0.136. The molecule has 2 aromatic carbocycles. The predicted octanol–water partition coefficient (Wildman–Crippen LogP) is 6.96. The van der Waals surface area contributed by atoms with Gasteiger partial charge in [-0.15, -0.1) is 0 Å². The summed E-state index contributed by atoms with van der Waals surface area (Å²) in [5.74, 6) is 0. The molecule has 2 aromatic heterocycles. The van der Waals surface area contributed by atoms with E-state index in [2.05, 4.69) is 64.1 Å². The second kappa shape index (κ2) is 14.6. The minimum Gasteiger partial charge on any atom is -0.244 e. The van der Waals surface area contributed by atoms with Gasteiger partial charge in [0.05, 0.1) is 11.0 Å². The average Bonchev–Trinajstić information content (AvgIpc) is 3.19. The van der Waals surface area contributed by atoms with Gasteiger partial charge in [-0.2, -0.15) is 17.0 Å². The molecule has 4 aromatic rings. The van der Waals surface area contributed by atoms with E-state index in [1.165, 1.54) is 22.3 Å². The largest absolute Gasteiger partial charge is 0.244 e. The third-order valence-corrected chi connectivity index (χ3v) is 3.81. The Morgan fingerprint density at radius 2 is 1.67 bits per heavy atom. The van der Waals surface area contributed by atoms with Crippen molar-refractivity contribution in [1.82, 2.24) is 14.3 Å². The van der Waals surface area contributed by atoms with Crippen LogP contribution in [0.1, 0.15) is 20.3 Å². The summed E-state index contributed by atoms with van der Waals surface area (Å²) in [7, 11) is 0. The minimum absolute atomic E-state index is 0.998. The molecule has 0 atom stereocenters. The van der Waals surface area contributed by atoms with Crippen LogP contribution in [-0.2, 0) is 0 Å². The summed E-state index contributed by atoms with van der Waals surface area (Å²) in [6.45, 7) is 7.38. The van der Waals surface area contributed by atoms with E-state index >= 15 is 0 Å². The predicted molar refractivity (Wildman–Crippen MR) is 123 cm³/mol. The Kier molecular flexibility index (Phi) is 12.2. The van der Waals surface area contributed by atoms with Crippen LogP contribution < -0.4 is 0 Å². The van der Waals surface area contributed by atoms with Crippen molar-refractivity contribution in [2.45, 2.75) is 20.3 Å². The highest BCUT2D eigenvalue weighted by atomic mass is 32.1. The van der Waals surface area contributed by atoms with Crippen molar-refractivity contribution in [2.24, 2.45) is 0 Å². The molecule has 0 radical (unpaired) electrons. The highest BCUT2D eigenvalue weighted by molar-refractivity contribution is 7.83. The number of hydrogen-bond donors (Lipinski definition) is 1. The number of nitrogens with zero attached hydrogens (tertiary/aromatic N) is 3. The van der Waals surface area contributed by atoms with Gasteiger partial charge in [-0.25, -0.2) is 9.97 Å². The molecule has 0 aliphatic rings. The Balaban J connectivity index is 0.000000198. The first-order valence-electron chi connectivity index (χ1n) is 8.56. The highest BCUT2D eigenvalue weighted by Gasteiger charge is 1.89. The molecule has 0 unspecified atom stereocenters. The van der Waals surface area contributed by atoms with Crippen LogP contribution >= 0.6 is 24.2 Å². The zero-order chi connectivity index (χ0) is 19.7. The van der Waals surface area contributed by atoms with Gasteiger partial charge in [0.1, 0.15) is 6.33 Å². The molecule has 27 heavy (non-hydrogen) atoms. The topological polar surface area (TPSA) is 38.7 Å². The summed E-state index contributed by atoms with van der Waals surface area (Å²) in [5.41, 5.74) is 2.10. The molecule has 0 amide bonds. The molecule has 0 bridgehead atoms. The van der Waals surface area contributed by atoms with Crippen molar-refractivity contribution in [3.63, 3.8) is 0 Å². The number of aromatic nitrogens is 3. The van der Waals surface area contributed by atoms with Crippen molar-refractivity contribution >= 4 is 46.0 Å². The van der Waals surface area contributed by atoms with Gasteiger partial charge in [0.25, 0.3) is 0 Å². The van der Waals surface area contributed by atoms with Crippen molar-refractivity contribution in [1.29, 1.82) is 0 Å². The number of rotatable bonds is 1. The quantitative estimate of drug-likeness (QED) is 0.280. The number of fused-ring (bicyclic) bond motifs is 2. The zero-order valence-corrected chi connectivity index (χ0v) is 17.4. The van der Waals surface area contributed by atoms with Gasteiger partial charge < -0.3 is 0 Å². The lowest BCUT2D eigenvalue weighted by Crippen LogP contribution is -1.77. The molecular weight excluding hydrogens is 370 g/mol. The van der Waals surface area contributed by atoms with Gasteiger partial charge in [0.2, 0.25) is 0 Å². The van der Waals surface area contributed by atoms with Crippen LogP contribution in [0.25, 0.3) is 21.8 Å². The summed E-state index contributed by atoms with van der Waals surface area (Å²) in [6, 6.07) is 16.0. The van der Waals surface area contributed by atoms with Crippen LogP contribution in [0.2, 0.25) is 0 Å².